The van der Waals surface area contributed by atoms with E-state index in [2.05, 4.69) is 22.9 Å². The van der Waals surface area contributed by atoms with Gasteiger partial charge >= 0.3 is 0 Å². The summed E-state index contributed by atoms with van der Waals surface area (Å²) in [5.74, 6) is 4.17. The Kier molecular flexibility index (Phi) is 5.19. The lowest BCUT2D eigenvalue weighted by Gasteiger charge is -2.33. The Morgan fingerprint density at radius 2 is 1.19 bits per heavy atom. The fourth-order valence-electron chi connectivity index (χ4n) is 3.66. The lowest BCUT2D eigenvalue weighted by Crippen LogP contribution is -2.20. The van der Waals surface area contributed by atoms with Crippen molar-refractivity contribution in [3.63, 3.8) is 0 Å². The van der Waals surface area contributed by atoms with Gasteiger partial charge in [-0.25, -0.2) is 0 Å². The van der Waals surface area contributed by atoms with E-state index in [0.717, 1.165) is 23.7 Å². The van der Waals surface area contributed by atoms with Gasteiger partial charge in [-0.1, -0.05) is 61.4 Å². The van der Waals surface area contributed by atoms with Crippen LogP contribution in [0.5, 0.6) is 0 Å². The first-order chi connectivity index (χ1) is 7.78. The molecule has 0 unspecified atom stereocenters. The zero-order valence-electron chi connectivity index (χ0n) is 10.8. The first-order valence-corrected chi connectivity index (χ1v) is 8.46. The minimum atomic E-state index is 0.989. The molecular weight excluding hydrogens is 260 g/mol. The maximum absolute atomic E-state index is 3.64. The topological polar surface area (TPSA) is 0 Å². The normalized spacial score (nSPS) is 40.9. The maximum atomic E-state index is 3.64. The summed E-state index contributed by atoms with van der Waals surface area (Å²) >= 11 is 3.64. The minimum Gasteiger partial charge on any atom is -0.0925 e. The molecule has 94 valence electrons. The molecule has 0 N–H and O–H groups in total. The third kappa shape index (κ3) is 3.75. The van der Waals surface area contributed by atoms with Crippen LogP contribution in [-0.2, 0) is 0 Å². The van der Waals surface area contributed by atoms with Gasteiger partial charge in [-0.3, -0.25) is 0 Å². The summed E-state index contributed by atoms with van der Waals surface area (Å²) in [6, 6.07) is 0. The summed E-state index contributed by atoms with van der Waals surface area (Å²) in [6.45, 7) is 2.43. The van der Waals surface area contributed by atoms with Gasteiger partial charge in [-0.15, -0.1) is 0 Å². The molecule has 0 nitrogen and oxygen atoms in total. The monoisotopic (exact) mass is 286 g/mol. The maximum Gasteiger partial charge on any atom is 0.00596 e. The highest BCUT2D eigenvalue weighted by atomic mass is 79.9. The highest BCUT2D eigenvalue weighted by Crippen LogP contribution is 2.38. The van der Waals surface area contributed by atoms with Crippen LogP contribution < -0.4 is 0 Å². The predicted molar refractivity (Wildman–Crippen MR) is 75.0 cm³/mol. The minimum absolute atomic E-state index is 0.989. The Morgan fingerprint density at radius 1 is 0.750 bits per heavy atom. The molecule has 0 aromatic carbocycles. The number of rotatable bonds is 3. The molecule has 2 rings (SSSR count). The van der Waals surface area contributed by atoms with E-state index in [0.29, 0.717) is 0 Å². The van der Waals surface area contributed by atoms with Gasteiger partial charge in [-0.05, 0) is 42.9 Å². The Morgan fingerprint density at radius 3 is 1.69 bits per heavy atom. The van der Waals surface area contributed by atoms with Crippen LogP contribution in [0.2, 0.25) is 0 Å². The van der Waals surface area contributed by atoms with Crippen molar-refractivity contribution in [3.8, 4) is 0 Å². The molecule has 0 saturated heterocycles. The fraction of sp³-hybridized carbons (Fsp3) is 1.00. The first kappa shape index (κ1) is 12.9. The van der Waals surface area contributed by atoms with Crippen LogP contribution in [0.25, 0.3) is 0 Å². The molecule has 0 radical (unpaired) electrons. The van der Waals surface area contributed by atoms with Crippen molar-refractivity contribution in [2.45, 2.75) is 64.7 Å². The lowest BCUT2D eigenvalue weighted by molar-refractivity contribution is 0.202. The molecule has 0 atom stereocenters. The van der Waals surface area contributed by atoms with Crippen molar-refractivity contribution in [2.75, 3.05) is 5.33 Å². The Bertz CT molecular complexity index is 186. The van der Waals surface area contributed by atoms with E-state index in [9.17, 15) is 0 Å². The number of hydrogen-bond acceptors (Lipinski definition) is 0. The molecular formula is C15H27Br. The van der Waals surface area contributed by atoms with Gasteiger partial charge in [0, 0.05) is 5.33 Å². The molecule has 2 fully saturated rings. The third-order valence-electron chi connectivity index (χ3n) is 4.99. The van der Waals surface area contributed by atoms with E-state index in [1.165, 1.54) is 56.7 Å². The predicted octanol–water partition coefficient (Wildman–Crippen LogP) is 5.40. The molecule has 0 heterocycles. The van der Waals surface area contributed by atoms with Crippen molar-refractivity contribution >= 4 is 15.9 Å². The van der Waals surface area contributed by atoms with E-state index in [1.54, 1.807) is 6.42 Å². The van der Waals surface area contributed by atoms with Crippen LogP contribution in [0.4, 0.5) is 0 Å². The van der Waals surface area contributed by atoms with E-state index >= 15 is 0 Å². The third-order valence-corrected chi connectivity index (χ3v) is 5.90. The van der Waals surface area contributed by atoms with Crippen LogP contribution in [0, 0.1) is 23.7 Å². The second-order valence-corrected chi connectivity index (χ2v) is 7.05. The Labute approximate surface area is 110 Å². The largest absolute Gasteiger partial charge is 0.0925 e. The molecule has 0 spiro atoms. The van der Waals surface area contributed by atoms with Gasteiger partial charge in [0.25, 0.3) is 0 Å². The standard InChI is InChI=1S/C15H27Br/c1-12-2-4-13(5-3-12)10-14-6-8-15(11-16)9-7-14/h12-15H,2-11H2,1H3. The molecule has 0 aromatic rings. The highest BCUT2D eigenvalue weighted by molar-refractivity contribution is 9.09. The smallest absolute Gasteiger partial charge is 0.00596 e. The van der Waals surface area contributed by atoms with Crippen molar-refractivity contribution in [1.82, 2.24) is 0 Å². The van der Waals surface area contributed by atoms with Gasteiger partial charge in [0.1, 0.15) is 0 Å². The summed E-state index contributed by atoms with van der Waals surface area (Å²) in [5, 5.41) is 1.24. The van der Waals surface area contributed by atoms with Gasteiger partial charge in [0.2, 0.25) is 0 Å². The van der Waals surface area contributed by atoms with Gasteiger partial charge in [0.05, 0.1) is 0 Å². The molecule has 0 aromatic heterocycles. The van der Waals surface area contributed by atoms with Crippen LogP contribution >= 0.6 is 15.9 Å². The average molecular weight is 287 g/mol. The van der Waals surface area contributed by atoms with E-state index in [-0.39, 0.29) is 0 Å². The number of halogens is 1. The lowest BCUT2D eigenvalue weighted by atomic mass is 9.74. The second-order valence-electron chi connectivity index (χ2n) is 6.40. The van der Waals surface area contributed by atoms with Gasteiger partial charge in [-0.2, -0.15) is 0 Å². The van der Waals surface area contributed by atoms with Crippen LogP contribution in [0.1, 0.15) is 64.7 Å². The molecule has 2 aliphatic carbocycles. The SMILES string of the molecule is CC1CCC(CC2CCC(CBr)CC2)CC1. The fourth-order valence-corrected chi connectivity index (χ4v) is 4.31. The Balaban J connectivity index is 1.66. The number of alkyl halides is 1. The van der Waals surface area contributed by atoms with Crippen molar-refractivity contribution in [2.24, 2.45) is 23.7 Å². The van der Waals surface area contributed by atoms with E-state index in [1.807, 2.05) is 0 Å². The van der Waals surface area contributed by atoms with E-state index < -0.39 is 0 Å². The van der Waals surface area contributed by atoms with E-state index in [4.69, 9.17) is 0 Å². The second kappa shape index (κ2) is 6.42. The molecule has 0 bridgehead atoms. The average Bonchev–Trinajstić information content (AvgIpc) is 2.33. The summed E-state index contributed by atoms with van der Waals surface area (Å²) < 4.78 is 0. The Hall–Kier alpha value is 0.480. The zero-order valence-corrected chi connectivity index (χ0v) is 12.3. The molecule has 2 saturated carbocycles. The molecule has 1 heteroatoms. The quantitative estimate of drug-likeness (QED) is 0.609. The molecule has 2 aliphatic rings. The van der Waals surface area contributed by atoms with Gasteiger partial charge in [0.15, 0.2) is 0 Å². The van der Waals surface area contributed by atoms with Gasteiger partial charge < -0.3 is 0 Å². The molecule has 0 aliphatic heterocycles. The molecule has 16 heavy (non-hydrogen) atoms. The number of hydrogen-bond donors (Lipinski definition) is 0. The summed E-state index contributed by atoms with van der Waals surface area (Å²) in [6.07, 6.45) is 13.6. The van der Waals surface area contributed by atoms with Crippen molar-refractivity contribution < 1.29 is 0 Å². The highest BCUT2D eigenvalue weighted by Gasteiger charge is 2.25. The van der Waals surface area contributed by atoms with Crippen LogP contribution in [0.3, 0.4) is 0 Å². The zero-order chi connectivity index (χ0) is 11.4. The summed E-state index contributed by atoms with van der Waals surface area (Å²) in [5.41, 5.74) is 0. The van der Waals surface area contributed by atoms with Crippen molar-refractivity contribution in [3.05, 3.63) is 0 Å². The van der Waals surface area contributed by atoms with Crippen LogP contribution in [0.15, 0.2) is 0 Å². The first-order valence-electron chi connectivity index (χ1n) is 7.34. The van der Waals surface area contributed by atoms with Crippen LogP contribution in [-0.4, -0.2) is 5.33 Å². The van der Waals surface area contributed by atoms with Crippen molar-refractivity contribution in [1.29, 1.82) is 0 Å². The summed E-state index contributed by atoms with van der Waals surface area (Å²) in [4.78, 5) is 0. The molecule has 0 amide bonds. The summed E-state index contributed by atoms with van der Waals surface area (Å²) in [7, 11) is 0.